The summed E-state index contributed by atoms with van der Waals surface area (Å²) in [4.78, 5) is 31.6. The van der Waals surface area contributed by atoms with Crippen molar-refractivity contribution in [2.45, 2.75) is 31.3 Å². The van der Waals surface area contributed by atoms with Crippen molar-refractivity contribution < 1.29 is 18.0 Å². The normalized spacial score (nSPS) is 29.2. The number of fused-ring (bicyclic) bond motifs is 1. The number of hydrogen-bond donors (Lipinski definition) is 1. The first-order valence-electron chi connectivity index (χ1n) is 8.41. The molecular formula is C16H21N3O4S. The third-order valence-electron chi connectivity index (χ3n) is 5.50. The Balaban J connectivity index is 1.60. The number of nitrogens with one attached hydrogen (secondary N) is 1. The van der Waals surface area contributed by atoms with Gasteiger partial charge in [0.15, 0.2) is 9.84 Å². The molecule has 1 aliphatic carbocycles. The zero-order valence-electron chi connectivity index (χ0n) is 13.3. The Morgan fingerprint density at radius 2 is 1.75 bits per heavy atom. The highest BCUT2D eigenvalue weighted by atomic mass is 32.2. The van der Waals surface area contributed by atoms with Crippen LogP contribution in [0.1, 0.15) is 29.8 Å². The smallest absolute Gasteiger partial charge is 0.270 e. The molecule has 8 heteroatoms. The molecule has 2 unspecified atom stereocenters. The van der Waals surface area contributed by atoms with Gasteiger partial charge in [0.05, 0.1) is 23.6 Å². The molecule has 1 aromatic rings. The molecule has 2 saturated heterocycles. The summed E-state index contributed by atoms with van der Waals surface area (Å²) in [5.74, 6) is -0.175. The molecule has 3 aliphatic rings. The monoisotopic (exact) mass is 351 g/mol. The second-order valence-electron chi connectivity index (χ2n) is 6.95. The van der Waals surface area contributed by atoms with Crippen LogP contribution in [0.5, 0.6) is 0 Å². The van der Waals surface area contributed by atoms with Crippen LogP contribution >= 0.6 is 0 Å². The summed E-state index contributed by atoms with van der Waals surface area (Å²) in [6.07, 6.45) is 4.52. The number of carbonyl (C=O) groups is 2. The summed E-state index contributed by atoms with van der Waals surface area (Å²) in [6, 6.07) is 2.58. The van der Waals surface area contributed by atoms with Gasteiger partial charge >= 0.3 is 0 Å². The Morgan fingerprint density at radius 1 is 1.08 bits per heavy atom. The van der Waals surface area contributed by atoms with Gasteiger partial charge in [-0.1, -0.05) is 6.42 Å². The van der Waals surface area contributed by atoms with Crippen LogP contribution in [0.3, 0.4) is 0 Å². The van der Waals surface area contributed by atoms with Gasteiger partial charge in [-0.25, -0.2) is 8.42 Å². The third kappa shape index (κ3) is 2.53. The topological polar surface area (TPSA) is 90.6 Å². The van der Waals surface area contributed by atoms with E-state index in [4.69, 9.17) is 0 Å². The fraction of sp³-hybridized carbons (Fsp3) is 0.625. The Labute approximate surface area is 140 Å². The molecule has 0 bridgehead atoms. The largest absolute Gasteiger partial charge is 0.357 e. The first-order valence-corrected chi connectivity index (χ1v) is 10.2. The lowest BCUT2D eigenvalue weighted by atomic mass is 9.83. The van der Waals surface area contributed by atoms with Gasteiger partial charge in [0.2, 0.25) is 5.91 Å². The minimum atomic E-state index is -3.24. The van der Waals surface area contributed by atoms with Gasteiger partial charge in [0.25, 0.3) is 5.91 Å². The van der Waals surface area contributed by atoms with E-state index < -0.39 is 21.9 Å². The lowest BCUT2D eigenvalue weighted by molar-refractivity contribution is -0.143. The van der Waals surface area contributed by atoms with Crippen LogP contribution in [-0.2, 0) is 14.6 Å². The highest BCUT2D eigenvalue weighted by molar-refractivity contribution is 7.91. The number of amides is 2. The number of rotatable bonds is 2. The lowest BCUT2D eigenvalue weighted by Gasteiger charge is -2.45. The van der Waals surface area contributed by atoms with E-state index in [-0.39, 0.29) is 29.2 Å². The van der Waals surface area contributed by atoms with Crippen molar-refractivity contribution in [3.8, 4) is 0 Å². The van der Waals surface area contributed by atoms with Gasteiger partial charge in [0, 0.05) is 25.2 Å². The number of sulfone groups is 1. The molecule has 2 aliphatic heterocycles. The Kier molecular flexibility index (Phi) is 3.67. The van der Waals surface area contributed by atoms with E-state index in [0.29, 0.717) is 18.8 Å². The number of hydrogen-bond acceptors (Lipinski definition) is 4. The number of aromatic nitrogens is 1. The zero-order valence-corrected chi connectivity index (χ0v) is 14.2. The standard InChI is InChI=1S/C16H21N3O4S/c20-15(11-3-1-4-11)18-7-8-19(16(21)12-5-2-6-17-12)14-10-24(22,23)9-13(14)18/h2,5-6,11,13-14,17H,1,3-4,7-10H2. The molecular weight excluding hydrogens is 330 g/mol. The Bertz CT molecular complexity index is 754. The van der Waals surface area contributed by atoms with Crippen molar-refractivity contribution in [1.29, 1.82) is 0 Å². The van der Waals surface area contributed by atoms with E-state index in [0.717, 1.165) is 19.3 Å². The molecule has 0 aromatic carbocycles. The molecule has 1 N–H and O–H groups in total. The molecule has 3 fully saturated rings. The zero-order chi connectivity index (χ0) is 16.9. The van der Waals surface area contributed by atoms with E-state index in [1.54, 1.807) is 28.1 Å². The van der Waals surface area contributed by atoms with Gasteiger partial charge in [-0.2, -0.15) is 0 Å². The second-order valence-corrected chi connectivity index (χ2v) is 9.11. The quantitative estimate of drug-likeness (QED) is 0.828. The average molecular weight is 351 g/mol. The van der Waals surface area contributed by atoms with E-state index >= 15 is 0 Å². The van der Waals surface area contributed by atoms with Crippen LogP contribution in [0.4, 0.5) is 0 Å². The molecule has 2 amide bonds. The highest BCUT2D eigenvalue weighted by Gasteiger charge is 2.50. The fourth-order valence-corrected chi connectivity index (χ4v) is 5.97. The van der Waals surface area contributed by atoms with Crippen molar-refractivity contribution in [2.24, 2.45) is 5.92 Å². The first kappa shape index (κ1) is 15.7. The van der Waals surface area contributed by atoms with Crippen LogP contribution in [0.15, 0.2) is 18.3 Å². The van der Waals surface area contributed by atoms with Crippen molar-refractivity contribution >= 4 is 21.7 Å². The molecule has 0 radical (unpaired) electrons. The van der Waals surface area contributed by atoms with Crippen LogP contribution < -0.4 is 0 Å². The number of carbonyl (C=O) groups excluding carboxylic acids is 2. The second kappa shape index (κ2) is 5.61. The van der Waals surface area contributed by atoms with Crippen LogP contribution in [0, 0.1) is 5.92 Å². The summed E-state index contributed by atoms with van der Waals surface area (Å²) >= 11 is 0. The minimum Gasteiger partial charge on any atom is -0.357 e. The van der Waals surface area contributed by atoms with Gasteiger partial charge in [-0.05, 0) is 25.0 Å². The third-order valence-corrected chi connectivity index (χ3v) is 7.20. The van der Waals surface area contributed by atoms with Crippen LogP contribution in [-0.4, -0.2) is 71.7 Å². The maximum absolute atomic E-state index is 12.7. The molecule has 7 nitrogen and oxygen atoms in total. The SMILES string of the molecule is O=C(c1ccc[nH]1)N1CCN(C(=O)C2CCC2)C2CS(=O)(=O)CC21. The minimum absolute atomic E-state index is 0.0371. The Morgan fingerprint density at radius 3 is 2.33 bits per heavy atom. The molecule has 4 rings (SSSR count). The number of piperazine rings is 1. The fourth-order valence-electron chi connectivity index (χ4n) is 3.99. The summed E-state index contributed by atoms with van der Waals surface area (Å²) in [6.45, 7) is 0.797. The van der Waals surface area contributed by atoms with Crippen molar-refractivity contribution in [2.75, 3.05) is 24.6 Å². The molecule has 1 saturated carbocycles. The van der Waals surface area contributed by atoms with E-state index in [1.165, 1.54) is 0 Å². The van der Waals surface area contributed by atoms with Crippen molar-refractivity contribution in [3.63, 3.8) is 0 Å². The lowest BCUT2D eigenvalue weighted by Crippen LogP contribution is -2.63. The predicted molar refractivity (Wildman–Crippen MR) is 87.1 cm³/mol. The molecule has 3 heterocycles. The molecule has 0 spiro atoms. The van der Waals surface area contributed by atoms with Gasteiger partial charge in [0.1, 0.15) is 5.69 Å². The molecule has 130 valence electrons. The van der Waals surface area contributed by atoms with Crippen molar-refractivity contribution in [1.82, 2.24) is 14.8 Å². The van der Waals surface area contributed by atoms with E-state index in [1.807, 2.05) is 0 Å². The van der Waals surface area contributed by atoms with E-state index in [9.17, 15) is 18.0 Å². The summed E-state index contributed by atoms with van der Waals surface area (Å²) in [5, 5.41) is 0. The summed E-state index contributed by atoms with van der Waals surface area (Å²) in [5.41, 5.74) is 0.455. The number of nitrogens with zero attached hydrogens (tertiary/aromatic N) is 2. The van der Waals surface area contributed by atoms with Gasteiger partial charge in [-0.15, -0.1) is 0 Å². The summed E-state index contributed by atoms with van der Waals surface area (Å²) < 4.78 is 24.4. The predicted octanol–water partition coefficient (Wildman–Crippen LogP) is 0.265. The molecule has 1 aromatic heterocycles. The number of aromatic amines is 1. The first-order chi connectivity index (χ1) is 11.5. The molecule has 2 atom stereocenters. The average Bonchev–Trinajstić information content (AvgIpc) is 3.09. The van der Waals surface area contributed by atoms with Crippen LogP contribution in [0.25, 0.3) is 0 Å². The van der Waals surface area contributed by atoms with Crippen LogP contribution in [0.2, 0.25) is 0 Å². The highest BCUT2D eigenvalue weighted by Crippen LogP contribution is 2.33. The Hall–Kier alpha value is -1.83. The van der Waals surface area contributed by atoms with Gasteiger partial charge < -0.3 is 14.8 Å². The maximum Gasteiger partial charge on any atom is 0.270 e. The molecule has 24 heavy (non-hydrogen) atoms. The number of H-pyrrole nitrogens is 1. The summed E-state index contributed by atoms with van der Waals surface area (Å²) in [7, 11) is -3.24. The van der Waals surface area contributed by atoms with Gasteiger partial charge in [-0.3, -0.25) is 9.59 Å². The van der Waals surface area contributed by atoms with Crippen molar-refractivity contribution in [3.05, 3.63) is 24.0 Å². The maximum atomic E-state index is 12.7. The van der Waals surface area contributed by atoms with E-state index in [2.05, 4.69) is 4.98 Å².